The van der Waals surface area contributed by atoms with Crippen LogP contribution in [0.4, 0.5) is 33.3 Å². The van der Waals surface area contributed by atoms with Crippen LogP contribution in [0.25, 0.3) is 22.3 Å². The lowest BCUT2D eigenvalue weighted by Gasteiger charge is -2.28. The Bertz CT molecular complexity index is 2140. The smallest absolute Gasteiger partial charge is 0.380 e. The van der Waals surface area contributed by atoms with Gasteiger partial charge in [0, 0.05) is 79.8 Å². The standard InChI is InChI=1S/C35H31F5N6O3/c1-19-16-42-34-32-29(24(17-46(19)34)35(38,39)40)23-5-4-10-45-27(15-20(31(23)45)7-11-44(32)2)33(48)21-13-25(36)30(26(37)14-21)43-28(47)6-3-9-41-22-8-12-49-18-22/h3-6,10,13-17,22,41H,7-9,11-12,18H2,1-2H3,(H,43,47)/b6-3+/t22-/m0/s1. The van der Waals surface area contributed by atoms with E-state index >= 15 is 8.78 Å². The monoisotopic (exact) mass is 678 g/mol. The molecule has 14 heteroatoms. The Hall–Kier alpha value is -5.08. The first-order chi connectivity index (χ1) is 23.4. The number of fused-ring (bicyclic) bond motifs is 4. The molecule has 49 heavy (non-hydrogen) atoms. The van der Waals surface area contributed by atoms with E-state index in [2.05, 4.69) is 15.6 Å². The molecule has 0 bridgehead atoms. The number of ether oxygens (including phenoxy) is 1. The van der Waals surface area contributed by atoms with Crippen LogP contribution in [0.2, 0.25) is 0 Å². The number of rotatable bonds is 7. The molecule has 1 aromatic carbocycles. The Morgan fingerprint density at radius 2 is 1.92 bits per heavy atom. The summed E-state index contributed by atoms with van der Waals surface area (Å²) in [5.74, 6) is -3.82. The van der Waals surface area contributed by atoms with Gasteiger partial charge in [-0.3, -0.25) is 9.59 Å². The van der Waals surface area contributed by atoms with E-state index in [1.54, 1.807) is 31.0 Å². The van der Waals surface area contributed by atoms with Gasteiger partial charge in [-0.25, -0.2) is 13.8 Å². The summed E-state index contributed by atoms with van der Waals surface area (Å²) in [7, 11) is 1.70. The van der Waals surface area contributed by atoms with Crippen molar-refractivity contribution in [3.63, 3.8) is 0 Å². The van der Waals surface area contributed by atoms with Crippen molar-refractivity contribution >= 4 is 34.2 Å². The van der Waals surface area contributed by atoms with E-state index in [1.165, 1.54) is 33.3 Å². The summed E-state index contributed by atoms with van der Waals surface area (Å²) in [6, 6.07) is 6.47. The molecule has 0 spiro atoms. The molecule has 6 heterocycles. The van der Waals surface area contributed by atoms with Gasteiger partial charge in [0.2, 0.25) is 11.7 Å². The largest absolute Gasteiger partial charge is 0.418 e. The normalized spacial score (nSPS) is 16.4. The van der Waals surface area contributed by atoms with E-state index in [9.17, 15) is 22.8 Å². The Morgan fingerprint density at radius 3 is 2.63 bits per heavy atom. The summed E-state index contributed by atoms with van der Waals surface area (Å²) in [6.45, 7) is 3.57. The molecule has 4 aromatic heterocycles. The fraction of sp³-hybridized carbons (Fsp3) is 0.286. The zero-order valence-corrected chi connectivity index (χ0v) is 26.5. The molecular formula is C35H31F5N6O3. The summed E-state index contributed by atoms with van der Waals surface area (Å²) in [6.07, 6.45) is 3.24. The molecule has 1 fully saturated rings. The van der Waals surface area contributed by atoms with E-state index in [0.29, 0.717) is 60.8 Å². The number of imidazole rings is 1. The molecule has 0 aliphatic carbocycles. The topological polar surface area (TPSA) is 92.4 Å². The molecule has 5 aromatic rings. The molecule has 254 valence electrons. The van der Waals surface area contributed by atoms with Crippen molar-refractivity contribution in [1.82, 2.24) is 19.1 Å². The van der Waals surface area contributed by atoms with Crippen LogP contribution in [0.3, 0.4) is 0 Å². The lowest BCUT2D eigenvalue weighted by atomic mass is 9.94. The third-order valence-electron chi connectivity index (χ3n) is 9.01. The second-order valence-electron chi connectivity index (χ2n) is 12.2. The molecule has 1 amide bonds. The fourth-order valence-electron chi connectivity index (χ4n) is 6.61. The van der Waals surface area contributed by atoms with Gasteiger partial charge < -0.3 is 29.1 Å². The molecular weight excluding hydrogens is 647 g/mol. The van der Waals surface area contributed by atoms with Crippen molar-refractivity contribution in [1.29, 1.82) is 0 Å². The Labute approximate surface area is 277 Å². The molecule has 2 aliphatic rings. The maximum absolute atomic E-state index is 15.2. The summed E-state index contributed by atoms with van der Waals surface area (Å²) in [5.41, 5.74) is 0.441. The molecule has 1 atom stereocenters. The minimum Gasteiger partial charge on any atom is -0.380 e. The van der Waals surface area contributed by atoms with Crippen LogP contribution in [0.1, 0.15) is 39.3 Å². The number of carbonyl (C=O) groups excluding carboxylic acids is 2. The molecule has 0 unspecified atom stereocenters. The van der Waals surface area contributed by atoms with Gasteiger partial charge in [-0.1, -0.05) is 12.1 Å². The zero-order chi connectivity index (χ0) is 34.6. The second-order valence-corrected chi connectivity index (χ2v) is 12.2. The zero-order valence-electron chi connectivity index (χ0n) is 26.5. The van der Waals surface area contributed by atoms with Crippen molar-refractivity contribution < 1.29 is 36.3 Å². The highest BCUT2D eigenvalue weighted by molar-refractivity contribution is 6.10. The molecule has 2 aliphatic heterocycles. The Kier molecular flexibility index (Phi) is 8.23. The molecule has 9 nitrogen and oxygen atoms in total. The minimum atomic E-state index is -4.73. The first kappa shape index (κ1) is 32.5. The maximum atomic E-state index is 15.2. The maximum Gasteiger partial charge on any atom is 0.418 e. The van der Waals surface area contributed by atoms with Crippen molar-refractivity contribution in [2.75, 3.05) is 43.6 Å². The highest BCUT2D eigenvalue weighted by Crippen LogP contribution is 2.47. The van der Waals surface area contributed by atoms with Gasteiger partial charge in [0.1, 0.15) is 17.3 Å². The number of hydrogen-bond donors (Lipinski definition) is 2. The number of ketones is 1. The number of benzene rings is 1. The van der Waals surface area contributed by atoms with Gasteiger partial charge in [-0.15, -0.1) is 0 Å². The number of likely N-dealkylation sites (N-methyl/N-ethyl adjacent to an activating group) is 1. The van der Waals surface area contributed by atoms with Gasteiger partial charge in [0.25, 0.3) is 0 Å². The summed E-state index contributed by atoms with van der Waals surface area (Å²) >= 11 is 0. The van der Waals surface area contributed by atoms with E-state index < -0.39 is 40.8 Å². The van der Waals surface area contributed by atoms with Gasteiger partial charge in [0.05, 0.1) is 29.1 Å². The van der Waals surface area contributed by atoms with Crippen LogP contribution in [-0.4, -0.2) is 64.9 Å². The number of carbonyl (C=O) groups is 2. The van der Waals surface area contributed by atoms with Crippen molar-refractivity contribution in [2.45, 2.75) is 32.0 Å². The van der Waals surface area contributed by atoms with Crippen LogP contribution < -0.4 is 15.5 Å². The van der Waals surface area contributed by atoms with Crippen LogP contribution in [0.5, 0.6) is 0 Å². The number of nitrogens with zero attached hydrogens (tertiary/aromatic N) is 4. The SMILES string of the molecule is Cc1cnc2c3c(c(C(F)(F)F)cn12)-c1cccn2c(C(=O)c4cc(F)c(NC(=O)/C=C/CN[C@H]5CCOC5)c(F)c4)cc(c12)CCN3C. The number of amides is 1. The molecule has 7 rings (SSSR count). The number of hydrogen-bond acceptors (Lipinski definition) is 6. The third-order valence-corrected chi connectivity index (χ3v) is 9.01. The molecule has 0 radical (unpaired) electrons. The highest BCUT2D eigenvalue weighted by atomic mass is 19.4. The van der Waals surface area contributed by atoms with Crippen molar-refractivity contribution in [3.8, 4) is 11.1 Å². The number of aromatic nitrogens is 3. The van der Waals surface area contributed by atoms with Crippen LogP contribution >= 0.6 is 0 Å². The molecule has 0 saturated carbocycles. The average Bonchev–Trinajstić information content (AvgIpc) is 3.80. The molecule has 2 N–H and O–H groups in total. The predicted molar refractivity (Wildman–Crippen MR) is 173 cm³/mol. The van der Waals surface area contributed by atoms with Gasteiger partial charge in [-0.2, -0.15) is 13.2 Å². The number of aryl methyl sites for hydroxylation is 1. The summed E-state index contributed by atoms with van der Waals surface area (Å²) in [4.78, 5) is 32.4. The lowest BCUT2D eigenvalue weighted by molar-refractivity contribution is -0.137. The predicted octanol–water partition coefficient (Wildman–Crippen LogP) is 5.96. The van der Waals surface area contributed by atoms with Crippen LogP contribution in [0, 0.1) is 18.6 Å². The first-order valence-electron chi connectivity index (χ1n) is 15.7. The number of anilines is 2. The van der Waals surface area contributed by atoms with Gasteiger partial charge in [-0.05, 0) is 49.6 Å². The Morgan fingerprint density at radius 1 is 1.14 bits per heavy atom. The van der Waals surface area contributed by atoms with E-state index in [-0.39, 0.29) is 28.4 Å². The first-order valence-corrected chi connectivity index (χ1v) is 15.7. The number of alkyl halides is 3. The van der Waals surface area contributed by atoms with Crippen molar-refractivity contribution in [2.24, 2.45) is 0 Å². The number of halogens is 5. The Balaban J connectivity index is 1.25. The fourth-order valence-corrected chi connectivity index (χ4v) is 6.61. The van der Waals surface area contributed by atoms with Gasteiger partial charge >= 0.3 is 6.18 Å². The van der Waals surface area contributed by atoms with E-state index in [4.69, 9.17) is 4.74 Å². The number of nitrogens with one attached hydrogen (secondary N) is 2. The summed E-state index contributed by atoms with van der Waals surface area (Å²) in [5, 5.41) is 5.36. The molecule has 1 saturated heterocycles. The van der Waals surface area contributed by atoms with Crippen LogP contribution in [-0.2, 0) is 22.1 Å². The van der Waals surface area contributed by atoms with Crippen molar-refractivity contribution in [3.05, 3.63) is 101 Å². The second kappa shape index (κ2) is 12.4. The minimum absolute atomic E-state index is 0.0166. The summed E-state index contributed by atoms with van der Waals surface area (Å²) < 4.78 is 82.7. The van der Waals surface area contributed by atoms with E-state index in [1.807, 2.05) is 0 Å². The van der Waals surface area contributed by atoms with Gasteiger partial charge in [0.15, 0.2) is 5.65 Å². The highest BCUT2D eigenvalue weighted by Gasteiger charge is 2.39. The quantitative estimate of drug-likeness (QED) is 0.126. The third kappa shape index (κ3) is 5.84. The van der Waals surface area contributed by atoms with E-state index in [0.717, 1.165) is 30.8 Å². The lowest BCUT2D eigenvalue weighted by Crippen LogP contribution is -2.29. The van der Waals surface area contributed by atoms with Crippen LogP contribution in [0.15, 0.2) is 61.1 Å². The number of pyridine rings is 2. The average molecular weight is 679 g/mol.